The van der Waals surface area contributed by atoms with Crippen molar-refractivity contribution in [2.24, 2.45) is 11.3 Å². The number of rotatable bonds is 1. The van der Waals surface area contributed by atoms with Gasteiger partial charge in [-0.2, -0.15) is 4.39 Å². The molecule has 2 heteroatoms. The van der Waals surface area contributed by atoms with Crippen LogP contribution in [-0.2, 0) is 4.79 Å². The van der Waals surface area contributed by atoms with Crippen molar-refractivity contribution in [2.45, 2.75) is 39.5 Å². The van der Waals surface area contributed by atoms with Crippen LogP contribution in [0.4, 0.5) is 4.39 Å². The molecule has 0 bridgehead atoms. The molecule has 0 atom stereocenters. The van der Waals surface area contributed by atoms with Gasteiger partial charge in [0, 0.05) is 5.92 Å². The minimum absolute atomic E-state index is 0.289. The van der Waals surface area contributed by atoms with Gasteiger partial charge >= 0.3 is 6.04 Å². The smallest absolute Gasteiger partial charge is 0.261 e. The zero-order valence-electron chi connectivity index (χ0n) is 7.19. The molecule has 0 N–H and O–H groups in total. The van der Waals surface area contributed by atoms with Gasteiger partial charge in [-0.25, -0.2) is 0 Å². The molecule has 0 aliphatic heterocycles. The lowest BCUT2D eigenvalue weighted by Gasteiger charge is -2.32. The zero-order chi connectivity index (χ0) is 8.48. The van der Waals surface area contributed by atoms with E-state index in [1.807, 2.05) is 0 Å². The lowest BCUT2D eigenvalue weighted by Crippen LogP contribution is -2.24. The summed E-state index contributed by atoms with van der Waals surface area (Å²) in [5.74, 6) is -0.289. The Labute approximate surface area is 67.0 Å². The summed E-state index contributed by atoms with van der Waals surface area (Å²) < 4.78 is 12.2. The van der Waals surface area contributed by atoms with Crippen LogP contribution in [0.5, 0.6) is 0 Å². The maximum absolute atomic E-state index is 12.2. The molecule has 0 spiro atoms. The molecular weight excluding hydrogens is 143 g/mol. The lowest BCUT2D eigenvalue weighted by atomic mass is 9.73. The van der Waals surface area contributed by atoms with Crippen molar-refractivity contribution in [3.63, 3.8) is 0 Å². The Morgan fingerprint density at radius 3 is 2.18 bits per heavy atom. The van der Waals surface area contributed by atoms with Gasteiger partial charge in [-0.1, -0.05) is 13.8 Å². The number of hydrogen-bond donors (Lipinski definition) is 0. The van der Waals surface area contributed by atoms with Gasteiger partial charge in [-0.05, 0) is 31.1 Å². The van der Waals surface area contributed by atoms with Crippen molar-refractivity contribution in [2.75, 3.05) is 0 Å². The minimum Gasteiger partial charge on any atom is -0.261 e. The summed E-state index contributed by atoms with van der Waals surface area (Å²) in [6.45, 7) is 4.35. The van der Waals surface area contributed by atoms with Crippen LogP contribution in [0.15, 0.2) is 0 Å². The molecule has 0 aromatic heterocycles. The first-order chi connectivity index (χ1) is 5.01. The standard InChI is InChI=1S/C9H15FO/c1-9(2)5-3-7(4-6-9)8(10)11/h7H,3-6H2,1-2H3. The predicted molar refractivity (Wildman–Crippen MR) is 41.9 cm³/mol. The summed E-state index contributed by atoms with van der Waals surface area (Å²) in [5, 5.41) is 0. The number of carbonyl (C=O) groups is 1. The van der Waals surface area contributed by atoms with Crippen molar-refractivity contribution in [1.82, 2.24) is 0 Å². The fourth-order valence-electron chi connectivity index (χ4n) is 1.63. The van der Waals surface area contributed by atoms with Crippen LogP contribution in [0, 0.1) is 11.3 Å². The molecule has 11 heavy (non-hydrogen) atoms. The Balaban J connectivity index is 2.42. The Morgan fingerprint density at radius 1 is 1.36 bits per heavy atom. The summed E-state index contributed by atoms with van der Waals surface area (Å²) in [7, 11) is 0. The van der Waals surface area contributed by atoms with E-state index in [0.717, 1.165) is 25.7 Å². The van der Waals surface area contributed by atoms with E-state index < -0.39 is 6.04 Å². The Kier molecular flexibility index (Phi) is 2.31. The summed E-state index contributed by atoms with van der Waals surface area (Å²) in [6, 6.07) is -1.11. The second-order valence-corrected chi connectivity index (χ2v) is 4.24. The molecule has 1 aliphatic rings. The van der Waals surface area contributed by atoms with Crippen molar-refractivity contribution >= 4 is 6.04 Å². The van der Waals surface area contributed by atoms with Crippen molar-refractivity contribution in [3.05, 3.63) is 0 Å². The molecule has 1 saturated carbocycles. The van der Waals surface area contributed by atoms with Crippen LogP contribution in [0.25, 0.3) is 0 Å². The first-order valence-corrected chi connectivity index (χ1v) is 4.21. The number of halogens is 1. The fourth-order valence-corrected chi connectivity index (χ4v) is 1.63. The van der Waals surface area contributed by atoms with Crippen LogP contribution < -0.4 is 0 Å². The van der Waals surface area contributed by atoms with Crippen LogP contribution in [0.2, 0.25) is 0 Å². The summed E-state index contributed by atoms with van der Waals surface area (Å²) in [5.41, 5.74) is 0.325. The van der Waals surface area contributed by atoms with Gasteiger partial charge in [0.1, 0.15) is 0 Å². The normalized spacial score (nSPS) is 25.0. The fraction of sp³-hybridized carbons (Fsp3) is 0.889. The van der Waals surface area contributed by atoms with Gasteiger partial charge in [0.2, 0.25) is 0 Å². The third-order valence-electron chi connectivity index (χ3n) is 2.66. The summed E-state index contributed by atoms with van der Waals surface area (Å²) in [6.07, 6.45) is 3.44. The average Bonchev–Trinajstić information content (AvgIpc) is 1.86. The van der Waals surface area contributed by atoms with Crippen LogP contribution in [0.3, 0.4) is 0 Å². The van der Waals surface area contributed by atoms with E-state index in [9.17, 15) is 9.18 Å². The van der Waals surface area contributed by atoms with Gasteiger partial charge < -0.3 is 0 Å². The molecule has 1 fully saturated rings. The molecule has 0 aromatic carbocycles. The van der Waals surface area contributed by atoms with Gasteiger partial charge in [0.05, 0.1) is 0 Å². The second-order valence-electron chi connectivity index (χ2n) is 4.24. The van der Waals surface area contributed by atoms with Gasteiger partial charge in [-0.15, -0.1) is 0 Å². The van der Waals surface area contributed by atoms with E-state index in [1.54, 1.807) is 0 Å². The third-order valence-corrected chi connectivity index (χ3v) is 2.66. The van der Waals surface area contributed by atoms with Crippen molar-refractivity contribution < 1.29 is 9.18 Å². The number of carbonyl (C=O) groups excluding carboxylic acids is 1. The Morgan fingerprint density at radius 2 is 1.82 bits per heavy atom. The molecule has 1 nitrogen and oxygen atoms in total. The first-order valence-electron chi connectivity index (χ1n) is 4.21. The maximum Gasteiger partial charge on any atom is 0.304 e. The lowest BCUT2D eigenvalue weighted by molar-refractivity contribution is -0.135. The highest BCUT2D eigenvalue weighted by Crippen LogP contribution is 2.38. The van der Waals surface area contributed by atoms with E-state index in [4.69, 9.17) is 0 Å². The van der Waals surface area contributed by atoms with Gasteiger partial charge in [-0.3, -0.25) is 4.79 Å². The molecule has 0 saturated heterocycles. The summed E-state index contributed by atoms with van der Waals surface area (Å²) >= 11 is 0. The molecule has 0 unspecified atom stereocenters. The quantitative estimate of drug-likeness (QED) is 0.536. The largest absolute Gasteiger partial charge is 0.304 e. The minimum atomic E-state index is -1.11. The monoisotopic (exact) mass is 158 g/mol. The van der Waals surface area contributed by atoms with E-state index in [-0.39, 0.29) is 5.92 Å². The molecular formula is C9H15FO. The molecule has 0 amide bonds. The number of hydrogen-bond acceptors (Lipinski definition) is 1. The molecule has 64 valence electrons. The highest BCUT2D eigenvalue weighted by molar-refractivity contribution is 5.71. The highest BCUT2D eigenvalue weighted by Gasteiger charge is 2.30. The van der Waals surface area contributed by atoms with Crippen molar-refractivity contribution in [3.8, 4) is 0 Å². The molecule has 0 radical (unpaired) electrons. The van der Waals surface area contributed by atoms with Crippen LogP contribution >= 0.6 is 0 Å². The predicted octanol–water partition coefficient (Wildman–Crippen LogP) is 2.70. The Bertz CT molecular complexity index is 153. The van der Waals surface area contributed by atoms with E-state index >= 15 is 0 Å². The second kappa shape index (κ2) is 2.92. The zero-order valence-corrected chi connectivity index (χ0v) is 7.19. The first kappa shape index (κ1) is 8.69. The van der Waals surface area contributed by atoms with E-state index in [2.05, 4.69) is 13.8 Å². The third kappa shape index (κ3) is 2.28. The summed E-state index contributed by atoms with van der Waals surface area (Å²) in [4.78, 5) is 10.3. The molecule has 0 heterocycles. The van der Waals surface area contributed by atoms with Crippen molar-refractivity contribution in [1.29, 1.82) is 0 Å². The van der Waals surface area contributed by atoms with Gasteiger partial charge in [0.25, 0.3) is 0 Å². The topological polar surface area (TPSA) is 17.1 Å². The van der Waals surface area contributed by atoms with Crippen LogP contribution in [-0.4, -0.2) is 6.04 Å². The Hall–Kier alpha value is -0.400. The highest BCUT2D eigenvalue weighted by atomic mass is 19.1. The molecule has 0 aromatic rings. The molecule has 1 aliphatic carbocycles. The maximum atomic E-state index is 12.2. The van der Waals surface area contributed by atoms with E-state index in [0.29, 0.717) is 5.41 Å². The SMILES string of the molecule is CC1(C)CCC(C(=O)F)CC1. The molecule has 1 rings (SSSR count). The van der Waals surface area contributed by atoms with E-state index in [1.165, 1.54) is 0 Å². The van der Waals surface area contributed by atoms with Gasteiger partial charge in [0.15, 0.2) is 0 Å². The average molecular weight is 158 g/mol. The van der Waals surface area contributed by atoms with Crippen LogP contribution in [0.1, 0.15) is 39.5 Å².